The van der Waals surface area contributed by atoms with Crippen molar-refractivity contribution in [3.63, 3.8) is 0 Å². The van der Waals surface area contributed by atoms with E-state index in [0.29, 0.717) is 17.0 Å². The van der Waals surface area contributed by atoms with Gasteiger partial charge in [0.1, 0.15) is 22.1 Å². The molecule has 0 atom stereocenters. The number of hydrogen-bond acceptors (Lipinski definition) is 5. The van der Waals surface area contributed by atoms with Gasteiger partial charge in [0.15, 0.2) is 5.65 Å². The van der Waals surface area contributed by atoms with Crippen LogP contribution >= 0.6 is 11.6 Å². The van der Waals surface area contributed by atoms with Crippen molar-refractivity contribution in [2.75, 3.05) is 11.9 Å². The van der Waals surface area contributed by atoms with E-state index in [9.17, 15) is 9.59 Å². The second-order valence-electron chi connectivity index (χ2n) is 7.37. The van der Waals surface area contributed by atoms with Gasteiger partial charge >= 0.3 is 6.09 Å². The van der Waals surface area contributed by atoms with Crippen LogP contribution in [0.2, 0.25) is 5.15 Å². The molecule has 3 rings (SSSR count). The average Bonchev–Trinajstić information content (AvgIpc) is 2.91. The molecule has 9 heteroatoms. The van der Waals surface area contributed by atoms with Gasteiger partial charge in [0.2, 0.25) is 0 Å². The van der Waals surface area contributed by atoms with E-state index in [1.54, 1.807) is 27.8 Å². The maximum absolute atomic E-state index is 12.5. The number of nitrogens with zero attached hydrogens (tertiary/aromatic N) is 4. The number of rotatable bonds is 3. The van der Waals surface area contributed by atoms with Gasteiger partial charge in [-0.25, -0.2) is 9.78 Å². The molecule has 2 amide bonds. The summed E-state index contributed by atoms with van der Waals surface area (Å²) in [6, 6.07) is 1.69. The lowest BCUT2D eigenvalue weighted by atomic mass is 9.93. The van der Waals surface area contributed by atoms with Crippen LogP contribution in [0.3, 0.4) is 0 Å². The Bertz CT molecular complexity index is 854. The molecule has 0 radical (unpaired) electrons. The van der Waals surface area contributed by atoms with Crippen molar-refractivity contribution in [1.29, 1.82) is 0 Å². The third-order valence-corrected chi connectivity index (χ3v) is 4.31. The summed E-state index contributed by atoms with van der Waals surface area (Å²) in [5.74, 6) is 0.113. The maximum atomic E-state index is 12.5. The number of anilines is 1. The van der Waals surface area contributed by atoms with Gasteiger partial charge in [-0.3, -0.25) is 9.69 Å². The summed E-state index contributed by atoms with van der Waals surface area (Å²) in [4.78, 5) is 30.3. The van der Waals surface area contributed by atoms with Crippen molar-refractivity contribution in [2.45, 2.75) is 51.7 Å². The molecule has 2 aromatic rings. The fourth-order valence-corrected chi connectivity index (χ4v) is 2.73. The molecule has 1 saturated carbocycles. The minimum atomic E-state index is -0.640. The number of hydrogen-bond donors (Lipinski definition) is 1. The first kappa shape index (κ1) is 18.4. The Morgan fingerprint density at radius 3 is 2.65 bits per heavy atom. The van der Waals surface area contributed by atoms with E-state index in [1.165, 1.54) is 21.7 Å². The molecule has 1 fully saturated rings. The van der Waals surface area contributed by atoms with E-state index >= 15 is 0 Å². The molecule has 0 bridgehead atoms. The highest BCUT2D eigenvalue weighted by Gasteiger charge is 2.26. The zero-order valence-corrected chi connectivity index (χ0v) is 16.0. The monoisotopic (exact) mass is 379 g/mol. The van der Waals surface area contributed by atoms with Crippen molar-refractivity contribution in [3.8, 4) is 0 Å². The Morgan fingerprint density at radius 2 is 2.08 bits per heavy atom. The number of ether oxygens (including phenoxy) is 1. The van der Waals surface area contributed by atoms with Gasteiger partial charge in [-0.15, -0.1) is 0 Å². The summed E-state index contributed by atoms with van der Waals surface area (Å²) >= 11 is 6.12. The third-order valence-electron chi connectivity index (χ3n) is 4.12. The molecule has 0 spiro atoms. The maximum Gasteiger partial charge on any atom is 0.415 e. The van der Waals surface area contributed by atoms with Crippen LogP contribution in [0.25, 0.3) is 5.65 Å². The fourth-order valence-electron chi connectivity index (χ4n) is 2.56. The molecular weight excluding hydrogens is 358 g/mol. The van der Waals surface area contributed by atoms with Gasteiger partial charge in [0, 0.05) is 19.2 Å². The van der Waals surface area contributed by atoms with Crippen LogP contribution in [-0.2, 0) is 4.74 Å². The zero-order valence-electron chi connectivity index (χ0n) is 15.2. The number of halogens is 1. The normalized spacial score (nSPS) is 14.8. The molecule has 0 aliphatic heterocycles. The van der Waals surface area contributed by atoms with E-state index in [0.717, 1.165) is 19.3 Å². The number of aromatic nitrogens is 3. The largest absolute Gasteiger partial charge is 0.443 e. The number of amides is 2. The lowest BCUT2D eigenvalue weighted by Crippen LogP contribution is -2.39. The van der Waals surface area contributed by atoms with Gasteiger partial charge < -0.3 is 10.1 Å². The van der Waals surface area contributed by atoms with Gasteiger partial charge in [-0.05, 0) is 40.0 Å². The Hall–Kier alpha value is -2.35. The van der Waals surface area contributed by atoms with Crippen molar-refractivity contribution in [1.82, 2.24) is 19.9 Å². The first-order valence-electron chi connectivity index (χ1n) is 8.47. The van der Waals surface area contributed by atoms with Crippen LogP contribution in [0.5, 0.6) is 0 Å². The lowest BCUT2D eigenvalue weighted by Gasteiger charge is -2.26. The predicted molar refractivity (Wildman–Crippen MR) is 97.7 cm³/mol. The standard InChI is InChI=1S/C17H22ClN5O3/c1-17(2,3)26-16(25)22(4)13-8-12(18)21-14-11(9-19-23(13)14)15(24)20-10-6-5-7-10/h8-10H,5-7H2,1-4H3,(H,20,24). The Kier molecular flexibility index (Phi) is 4.79. The smallest absolute Gasteiger partial charge is 0.415 e. The summed E-state index contributed by atoms with van der Waals surface area (Å²) in [7, 11) is 1.55. The van der Waals surface area contributed by atoms with Gasteiger partial charge in [-0.1, -0.05) is 11.6 Å². The minimum absolute atomic E-state index is 0.154. The second kappa shape index (κ2) is 6.75. The van der Waals surface area contributed by atoms with Crippen molar-refractivity contribution in [3.05, 3.63) is 23.0 Å². The Balaban J connectivity index is 1.94. The molecule has 2 heterocycles. The van der Waals surface area contributed by atoms with E-state index in [-0.39, 0.29) is 17.1 Å². The summed E-state index contributed by atoms with van der Waals surface area (Å²) in [6.07, 6.45) is 3.95. The number of fused-ring (bicyclic) bond motifs is 1. The van der Waals surface area contributed by atoms with E-state index < -0.39 is 11.7 Å². The van der Waals surface area contributed by atoms with Crippen LogP contribution in [-0.4, -0.2) is 45.3 Å². The molecule has 26 heavy (non-hydrogen) atoms. The summed E-state index contributed by atoms with van der Waals surface area (Å²) in [5.41, 5.74) is -0.0304. The van der Waals surface area contributed by atoms with Crippen LogP contribution in [0.15, 0.2) is 12.3 Å². The molecule has 0 aromatic carbocycles. The third kappa shape index (κ3) is 3.75. The van der Waals surface area contributed by atoms with E-state index in [2.05, 4.69) is 15.4 Å². The molecule has 0 unspecified atom stereocenters. The molecular formula is C17H22ClN5O3. The van der Waals surface area contributed by atoms with Crippen molar-refractivity contribution < 1.29 is 14.3 Å². The molecule has 1 aliphatic rings. The SMILES string of the molecule is CN(C(=O)OC(C)(C)C)c1cc(Cl)nc2c(C(=O)NC3CCC3)cnn12. The van der Waals surface area contributed by atoms with Crippen LogP contribution in [0, 0.1) is 0 Å². The molecule has 2 aromatic heterocycles. The van der Waals surface area contributed by atoms with Crippen molar-refractivity contribution in [2.24, 2.45) is 0 Å². The van der Waals surface area contributed by atoms with E-state index in [1.807, 2.05) is 0 Å². The first-order chi connectivity index (χ1) is 12.2. The predicted octanol–water partition coefficient (Wildman–Crippen LogP) is 3.04. The Labute approximate surface area is 156 Å². The van der Waals surface area contributed by atoms with Gasteiger partial charge in [0.05, 0.1) is 6.20 Å². The zero-order chi connectivity index (χ0) is 19.1. The second-order valence-corrected chi connectivity index (χ2v) is 7.76. The summed E-state index contributed by atoms with van der Waals surface area (Å²) in [6.45, 7) is 5.35. The minimum Gasteiger partial charge on any atom is -0.443 e. The molecule has 1 N–H and O–H groups in total. The molecule has 140 valence electrons. The van der Waals surface area contributed by atoms with Crippen LogP contribution < -0.4 is 10.2 Å². The highest BCUT2D eigenvalue weighted by molar-refractivity contribution is 6.30. The molecule has 8 nitrogen and oxygen atoms in total. The number of carbonyl (C=O) groups is 2. The first-order valence-corrected chi connectivity index (χ1v) is 8.85. The molecule has 0 saturated heterocycles. The average molecular weight is 380 g/mol. The highest BCUT2D eigenvalue weighted by atomic mass is 35.5. The molecule has 1 aliphatic carbocycles. The number of nitrogens with one attached hydrogen (secondary N) is 1. The van der Waals surface area contributed by atoms with Crippen molar-refractivity contribution >= 4 is 35.1 Å². The van der Waals surface area contributed by atoms with Gasteiger partial charge in [-0.2, -0.15) is 9.61 Å². The fraction of sp³-hybridized carbons (Fsp3) is 0.529. The lowest BCUT2D eigenvalue weighted by molar-refractivity contribution is 0.0587. The topological polar surface area (TPSA) is 88.8 Å². The summed E-state index contributed by atoms with van der Waals surface area (Å²) < 4.78 is 6.78. The highest BCUT2D eigenvalue weighted by Crippen LogP contribution is 2.24. The van der Waals surface area contributed by atoms with Crippen LogP contribution in [0.1, 0.15) is 50.4 Å². The quantitative estimate of drug-likeness (QED) is 0.828. The number of carbonyl (C=O) groups excluding carboxylic acids is 2. The summed E-state index contributed by atoms with van der Waals surface area (Å²) in [5, 5.41) is 7.32. The Morgan fingerprint density at radius 1 is 1.38 bits per heavy atom. The van der Waals surface area contributed by atoms with E-state index in [4.69, 9.17) is 16.3 Å². The van der Waals surface area contributed by atoms with Gasteiger partial charge in [0.25, 0.3) is 5.91 Å². The van der Waals surface area contributed by atoms with Crippen LogP contribution in [0.4, 0.5) is 10.6 Å².